The Morgan fingerprint density at radius 3 is 2.59 bits per heavy atom. The highest BCUT2D eigenvalue weighted by Gasteiger charge is 2.35. The number of thioether (sulfide) groups is 1. The summed E-state index contributed by atoms with van der Waals surface area (Å²) < 4.78 is 6.28. The molecule has 4 rings (SSSR count). The molecule has 7 heteroatoms. The summed E-state index contributed by atoms with van der Waals surface area (Å²) in [4.78, 5) is 19.1. The molecule has 2 aromatic carbocycles. The maximum Gasteiger partial charge on any atom is 0.247 e. The number of rotatable bonds is 3. The summed E-state index contributed by atoms with van der Waals surface area (Å²) in [7, 11) is 0. The Labute approximate surface area is 161 Å². The molecule has 1 amide bonds. The third-order valence-electron chi connectivity index (χ3n) is 4.35. The summed E-state index contributed by atoms with van der Waals surface area (Å²) in [6.07, 6.45) is 1.61. The summed E-state index contributed by atoms with van der Waals surface area (Å²) in [5, 5.41) is 9.02. The quantitative estimate of drug-likeness (QED) is 0.639. The lowest BCUT2D eigenvalue weighted by Crippen LogP contribution is -2.37. The topological polar surface area (TPSA) is 68.2 Å². The summed E-state index contributed by atoms with van der Waals surface area (Å²) >= 11 is 1.39. The molecule has 0 radical (unpaired) electrons. The van der Waals surface area contributed by atoms with Crippen molar-refractivity contribution in [3.8, 4) is 17.1 Å². The van der Waals surface area contributed by atoms with E-state index < -0.39 is 6.23 Å². The molecule has 0 unspecified atom stereocenters. The lowest BCUT2D eigenvalue weighted by atomic mass is 10.1. The van der Waals surface area contributed by atoms with E-state index in [1.807, 2.05) is 67.8 Å². The molecule has 1 aliphatic rings. The minimum Gasteiger partial charge on any atom is -0.447 e. The van der Waals surface area contributed by atoms with Crippen molar-refractivity contribution in [1.29, 1.82) is 0 Å². The number of anilines is 1. The number of fused-ring (bicyclic) bond motifs is 3. The smallest absolute Gasteiger partial charge is 0.247 e. The van der Waals surface area contributed by atoms with E-state index in [1.54, 1.807) is 4.90 Å². The van der Waals surface area contributed by atoms with Gasteiger partial charge in [0, 0.05) is 17.5 Å². The number of benzene rings is 2. The van der Waals surface area contributed by atoms with Gasteiger partial charge in [-0.1, -0.05) is 67.2 Å². The van der Waals surface area contributed by atoms with E-state index in [9.17, 15) is 4.79 Å². The van der Waals surface area contributed by atoms with Crippen molar-refractivity contribution < 1.29 is 9.53 Å². The third-order valence-corrected chi connectivity index (χ3v) is 4.89. The van der Waals surface area contributed by atoms with Gasteiger partial charge < -0.3 is 4.74 Å². The van der Waals surface area contributed by atoms with Crippen molar-refractivity contribution in [3.05, 3.63) is 60.2 Å². The summed E-state index contributed by atoms with van der Waals surface area (Å²) in [5.74, 6) is 0.337. The van der Waals surface area contributed by atoms with E-state index in [4.69, 9.17) is 4.74 Å². The van der Waals surface area contributed by atoms with Crippen molar-refractivity contribution >= 4 is 23.4 Å². The van der Waals surface area contributed by atoms with Crippen LogP contribution in [-0.4, -0.2) is 27.3 Å². The molecule has 27 heavy (non-hydrogen) atoms. The molecule has 0 spiro atoms. The van der Waals surface area contributed by atoms with Gasteiger partial charge in [0.1, 0.15) is 0 Å². The molecule has 6 nitrogen and oxygen atoms in total. The number of nitrogens with zero attached hydrogens (tertiary/aromatic N) is 4. The van der Waals surface area contributed by atoms with Crippen LogP contribution in [0.1, 0.15) is 25.1 Å². The van der Waals surface area contributed by atoms with Crippen LogP contribution < -0.4 is 9.64 Å². The van der Waals surface area contributed by atoms with Crippen molar-refractivity contribution in [2.45, 2.75) is 24.7 Å². The van der Waals surface area contributed by atoms with Crippen molar-refractivity contribution in [3.63, 3.8) is 0 Å². The van der Waals surface area contributed by atoms with Gasteiger partial charge in [-0.15, -0.1) is 10.2 Å². The number of carbonyl (C=O) groups is 1. The van der Waals surface area contributed by atoms with Crippen LogP contribution in [0.3, 0.4) is 0 Å². The standard InChI is InChI=1S/C20H18N4O2S/c1-3-16(25)24-15-12-8-7-11-14(15)17-18(21-20(27-2)23-22-17)26-19(24)13-9-5-4-6-10-13/h4-12,19H,3H2,1-2H3/t19-/m0/s1. The lowest BCUT2D eigenvalue weighted by molar-refractivity contribution is -0.120. The molecule has 0 fully saturated rings. The zero-order valence-electron chi connectivity index (χ0n) is 15.0. The maximum absolute atomic E-state index is 12.9. The highest BCUT2D eigenvalue weighted by Crippen LogP contribution is 2.43. The minimum atomic E-state index is -0.632. The number of hydrogen-bond acceptors (Lipinski definition) is 6. The summed E-state index contributed by atoms with van der Waals surface area (Å²) in [6, 6.07) is 17.3. The predicted molar refractivity (Wildman–Crippen MR) is 105 cm³/mol. The minimum absolute atomic E-state index is 0.0397. The SMILES string of the molecule is CCC(=O)N1c2ccccc2-c2nnc(SC)nc2O[C@H]1c1ccccc1. The maximum atomic E-state index is 12.9. The Hall–Kier alpha value is -2.93. The molecule has 0 aliphatic carbocycles. The zero-order chi connectivity index (χ0) is 18.8. The van der Waals surface area contributed by atoms with Gasteiger partial charge in [-0.2, -0.15) is 4.98 Å². The number of ether oxygens (including phenoxy) is 1. The highest BCUT2D eigenvalue weighted by atomic mass is 32.2. The van der Waals surface area contributed by atoms with Crippen LogP contribution in [0.4, 0.5) is 5.69 Å². The van der Waals surface area contributed by atoms with Gasteiger partial charge >= 0.3 is 0 Å². The van der Waals surface area contributed by atoms with Gasteiger partial charge in [-0.3, -0.25) is 9.69 Å². The van der Waals surface area contributed by atoms with Crippen LogP contribution in [0.15, 0.2) is 59.8 Å². The third kappa shape index (κ3) is 3.14. The number of amides is 1. The van der Waals surface area contributed by atoms with Gasteiger partial charge in [0.15, 0.2) is 5.69 Å². The largest absolute Gasteiger partial charge is 0.447 e. The van der Waals surface area contributed by atoms with E-state index in [1.165, 1.54) is 11.8 Å². The summed E-state index contributed by atoms with van der Waals surface area (Å²) in [6.45, 7) is 1.84. The zero-order valence-corrected chi connectivity index (χ0v) is 15.8. The predicted octanol–water partition coefficient (Wildman–Crippen LogP) is 4.09. The van der Waals surface area contributed by atoms with Crippen molar-refractivity contribution in [2.75, 3.05) is 11.2 Å². The van der Waals surface area contributed by atoms with Gasteiger partial charge in [-0.05, 0) is 12.3 Å². The first-order valence-corrected chi connectivity index (χ1v) is 9.87. The molecule has 136 valence electrons. The van der Waals surface area contributed by atoms with E-state index >= 15 is 0 Å². The Bertz CT molecular complexity index is 981. The monoisotopic (exact) mass is 378 g/mol. The molecular formula is C20H18N4O2S. The second-order valence-corrected chi connectivity index (χ2v) is 6.74. The molecule has 0 saturated heterocycles. The van der Waals surface area contributed by atoms with E-state index in [-0.39, 0.29) is 5.91 Å². The molecule has 0 N–H and O–H groups in total. The van der Waals surface area contributed by atoms with E-state index in [2.05, 4.69) is 15.2 Å². The Morgan fingerprint density at radius 2 is 1.85 bits per heavy atom. The van der Waals surface area contributed by atoms with Crippen LogP contribution in [0.5, 0.6) is 5.88 Å². The number of carbonyl (C=O) groups excluding carboxylic acids is 1. The van der Waals surface area contributed by atoms with Crippen LogP contribution in [0, 0.1) is 0 Å². The Kier molecular flexibility index (Phi) is 4.77. The first-order chi connectivity index (χ1) is 13.2. The normalized spacial score (nSPS) is 15.3. The van der Waals surface area contributed by atoms with E-state index in [0.29, 0.717) is 23.2 Å². The fourth-order valence-corrected chi connectivity index (χ4v) is 3.37. The molecule has 0 saturated carbocycles. The number of para-hydroxylation sites is 1. The molecular weight excluding hydrogens is 360 g/mol. The molecule has 3 aromatic rings. The first-order valence-electron chi connectivity index (χ1n) is 8.64. The number of aromatic nitrogens is 3. The Morgan fingerprint density at radius 1 is 1.11 bits per heavy atom. The second kappa shape index (κ2) is 7.36. The van der Waals surface area contributed by atoms with Crippen LogP contribution in [0.2, 0.25) is 0 Å². The van der Waals surface area contributed by atoms with Crippen molar-refractivity contribution in [1.82, 2.24) is 15.2 Å². The van der Waals surface area contributed by atoms with Crippen LogP contribution >= 0.6 is 11.8 Å². The summed E-state index contributed by atoms with van der Waals surface area (Å²) in [5.41, 5.74) is 2.92. The van der Waals surface area contributed by atoms with Crippen LogP contribution in [0.25, 0.3) is 11.3 Å². The lowest BCUT2D eigenvalue weighted by Gasteiger charge is -2.30. The van der Waals surface area contributed by atoms with Gasteiger partial charge in [0.05, 0.1) is 5.69 Å². The van der Waals surface area contributed by atoms with E-state index in [0.717, 1.165) is 16.8 Å². The number of hydrogen-bond donors (Lipinski definition) is 0. The van der Waals surface area contributed by atoms with Crippen LogP contribution in [-0.2, 0) is 4.79 Å². The molecule has 0 bridgehead atoms. The fourth-order valence-electron chi connectivity index (χ4n) is 3.07. The molecule has 2 heterocycles. The second-order valence-electron chi connectivity index (χ2n) is 5.97. The molecule has 1 aliphatic heterocycles. The van der Waals surface area contributed by atoms with Gasteiger partial charge in [-0.25, -0.2) is 0 Å². The highest BCUT2D eigenvalue weighted by molar-refractivity contribution is 7.98. The molecule has 1 aromatic heterocycles. The fraction of sp³-hybridized carbons (Fsp3) is 0.200. The van der Waals surface area contributed by atoms with Crippen molar-refractivity contribution in [2.24, 2.45) is 0 Å². The average molecular weight is 378 g/mol. The average Bonchev–Trinajstić information content (AvgIpc) is 2.88. The molecule has 1 atom stereocenters. The van der Waals surface area contributed by atoms with Gasteiger partial charge in [0.25, 0.3) is 0 Å². The van der Waals surface area contributed by atoms with Gasteiger partial charge in [0.2, 0.25) is 23.2 Å². The Balaban J connectivity index is 1.98. The first kappa shape index (κ1) is 17.5.